The van der Waals surface area contributed by atoms with Gasteiger partial charge in [-0.1, -0.05) is 218 Å². The molecule has 0 aromatic heterocycles. The number of carbonyl (C=O) groups excluding carboxylic acids is 8. The van der Waals surface area contributed by atoms with Crippen LogP contribution in [-0.4, -0.2) is 158 Å². The lowest BCUT2D eigenvalue weighted by Crippen LogP contribution is -2.67. The molecule has 3 saturated heterocycles. The Morgan fingerprint density at radius 3 is 1.31 bits per heavy atom. The van der Waals surface area contributed by atoms with Gasteiger partial charge < -0.3 is 71.4 Å². The van der Waals surface area contributed by atoms with E-state index in [0.717, 1.165) is 56.9 Å². The molecule has 3 heterocycles. The fourth-order valence-corrected chi connectivity index (χ4v) is 21.8. The van der Waals surface area contributed by atoms with Gasteiger partial charge in [-0.05, 0) is 206 Å². The second-order valence-electron chi connectivity index (χ2n) is 37.0. The maximum atomic E-state index is 15.0. The van der Waals surface area contributed by atoms with Crippen molar-refractivity contribution in [2.24, 2.45) is 50.2 Å². The van der Waals surface area contributed by atoms with Crippen LogP contribution < -0.4 is 0 Å². The molecule has 0 spiro atoms. The highest BCUT2D eigenvalue weighted by molar-refractivity contribution is 5.93. The van der Waals surface area contributed by atoms with Crippen LogP contribution in [0.25, 0.3) is 0 Å². The van der Waals surface area contributed by atoms with Crippen LogP contribution in [0.2, 0.25) is 0 Å². The van der Waals surface area contributed by atoms with Crippen molar-refractivity contribution >= 4 is 47.8 Å². The SMILES string of the molecule is C[C@@H]1O[C@@H](O[C@H]2[C@H](O[C@H]3CC[C@]4(C)[C@H]5CC=C6[C@@H]7CC(C)(C)CC[C@]7(C(=O)OCc7ccccc7)CC[C@@]6(C)[C@]5(C)CC[C@H]4C3(C)C)OC[C@H](O[C@@H]3O[C@H](COC(=O)c4ccccc4)[C@@H](OC(=O)c4ccccc4)[C@H](OC(=O)c4ccccc4)[C@H]3OC(=O)c3ccccc3)[C@@H]2O)[C@H](OC(=O)c2ccccc2)[C@H](OC(=O)c2ccccc2)[C@H]1OC(=O)c1ccccc1. The molecule has 0 radical (unpaired) electrons. The lowest BCUT2D eigenvalue weighted by Gasteiger charge is -2.71. The third-order valence-corrected chi connectivity index (χ3v) is 28.7. The fraction of sp³-hybridized carbons (Fsp3) is 0.437. The zero-order valence-electron chi connectivity index (χ0n) is 72.2. The van der Waals surface area contributed by atoms with E-state index >= 15 is 0 Å². The Morgan fingerprint density at radius 2 is 0.825 bits per heavy atom. The average molecular weight is 1720 g/mol. The first kappa shape index (κ1) is 88.4. The van der Waals surface area contributed by atoms with Gasteiger partial charge in [0.15, 0.2) is 55.5 Å². The van der Waals surface area contributed by atoms with Gasteiger partial charge in [-0.15, -0.1) is 0 Å². The molecule has 8 aromatic carbocycles. The summed E-state index contributed by atoms with van der Waals surface area (Å²) >= 11 is 0. The van der Waals surface area contributed by atoms with Crippen molar-refractivity contribution in [1.29, 1.82) is 0 Å². The Hall–Kier alpha value is -11.0. The van der Waals surface area contributed by atoms with Gasteiger partial charge in [0.1, 0.15) is 37.6 Å². The largest absolute Gasteiger partial charge is 0.460 e. The van der Waals surface area contributed by atoms with E-state index in [0.29, 0.717) is 12.8 Å². The van der Waals surface area contributed by atoms with Crippen molar-refractivity contribution < 1.29 is 110 Å². The summed E-state index contributed by atoms with van der Waals surface area (Å²) in [6, 6.07) is 65.8. The fourth-order valence-electron chi connectivity index (χ4n) is 21.8. The molecule has 8 aromatic rings. The van der Waals surface area contributed by atoms with E-state index in [2.05, 4.69) is 54.5 Å². The Bertz CT molecular complexity index is 5200. The Morgan fingerprint density at radius 1 is 0.405 bits per heavy atom. The second-order valence-corrected chi connectivity index (χ2v) is 37.0. The van der Waals surface area contributed by atoms with E-state index in [1.54, 1.807) is 146 Å². The number of ether oxygens (including phenoxy) is 14. The number of hydrogen-bond acceptors (Lipinski definition) is 23. The Kier molecular flexibility index (Phi) is 26.0. The zero-order chi connectivity index (χ0) is 88.3. The van der Waals surface area contributed by atoms with E-state index in [-0.39, 0.29) is 90.9 Å². The quantitative estimate of drug-likeness (QED) is 0.0254. The Labute approximate surface area is 734 Å². The second kappa shape index (κ2) is 37.1. The lowest BCUT2D eigenvalue weighted by molar-refractivity contribution is -0.379. The summed E-state index contributed by atoms with van der Waals surface area (Å²) in [7, 11) is 0. The average Bonchev–Trinajstić information content (AvgIpc) is 0.673. The number of aliphatic hydroxyl groups is 1. The first-order valence-corrected chi connectivity index (χ1v) is 43.9. The maximum absolute atomic E-state index is 15.0. The molecule has 5 aliphatic carbocycles. The zero-order valence-corrected chi connectivity index (χ0v) is 72.2. The molecule has 0 bridgehead atoms. The van der Waals surface area contributed by atoms with Gasteiger partial charge in [-0.2, -0.15) is 0 Å². The number of hydrogen-bond donors (Lipinski definition) is 1. The molecule has 4 saturated carbocycles. The molecule has 0 unspecified atom stereocenters. The van der Waals surface area contributed by atoms with Crippen molar-refractivity contribution in [3.63, 3.8) is 0 Å². The minimum Gasteiger partial charge on any atom is -0.460 e. The molecule has 0 amide bonds. The van der Waals surface area contributed by atoms with Crippen LogP contribution in [-0.2, 0) is 77.7 Å². The maximum Gasteiger partial charge on any atom is 0.338 e. The standard InChI is InChI=1S/C103H110O23/c1-63-80(120-88(106)66-37-21-11-22-38-66)83(122-90(108)68-41-25-13-26-42-68)85(124-92(110)70-45-29-15-30-46-70)95(116-63)126-82-79(104)74(117-96-86(125-93(111)71-47-31-16-32-48-71)84(123-91(109)69-43-27-14-28-44-69)81(121-89(107)67-39-23-12-24-40-67)75(118-96)62-113-87(105)65-35-19-10-20-36-65)61-114-94(82)119-78-52-53-100(6)76(99(78,4)5)51-54-102(8)77(100)50-49-72-73-59-98(2,3)55-57-103(73,58-56-101(72,102)7)97(112)115-60-64-33-17-9-18-34-64/h9-49,63,73-86,94-96,104H,50-62H2,1-8H3/t63-,73-,74-,75+,76-,77+,78-,79-,80-,81+,82+,83+,84-,85+,86+,94-,95-,96+,100-,101+,102+,103-/m0/s1. The first-order valence-electron chi connectivity index (χ1n) is 43.9. The number of fused-ring (bicyclic) bond motifs is 7. The summed E-state index contributed by atoms with van der Waals surface area (Å²) in [5, 5.41) is 13.9. The highest BCUT2D eigenvalue weighted by Gasteiger charge is 2.70. The summed E-state index contributed by atoms with van der Waals surface area (Å²) in [6.45, 7) is 17.1. The van der Waals surface area contributed by atoms with E-state index in [1.807, 2.05) is 30.3 Å². The predicted molar refractivity (Wildman–Crippen MR) is 459 cm³/mol. The van der Waals surface area contributed by atoms with Crippen LogP contribution in [0.5, 0.6) is 0 Å². The van der Waals surface area contributed by atoms with Gasteiger partial charge in [0.2, 0.25) is 0 Å². The smallest absolute Gasteiger partial charge is 0.338 e. The molecular weight excluding hydrogens is 1610 g/mol. The molecule has 23 heteroatoms. The predicted octanol–water partition coefficient (Wildman–Crippen LogP) is 17.1. The van der Waals surface area contributed by atoms with Gasteiger partial charge in [0.05, 0.1) is 63.2 Å². The number of aliphatic hydroxyl groups excluding tert-OH is 1. The third kappa shape index (κ3) is 17.9. The molecule has 1 N–H and O–H groups in total. The molecule has 126 heavy (non-hydrogen) atoms. The number of rotatable bonds is 24. The normalized spacial score (nSPS) is 32.3. The van der Waals surface area contributed by atoms with Crippen LogP contribution >= 0.6 is 0 Å². The molecular formula is C103H110O23. The summed E-state index contributed by atoms with van der Waals surface area (Å²) in [5.74, 6) is -6.26. The summed E-state index contributed by atoms with van der Waals surface area (Å²) in [5.41, 5.74) is 0.884. The van der Waals surface area contributed by atoms with Crippen LogP contribution in [0.1, 0.15) is 198 Å². The third-order valence-electron chi connectivity index (χ3n) is 28.7. The summed E-state index contributed by atoms with van der Waals surface area (Å²) in [4.78, 5) is 118. The van der Waals surface area contributed by atoms with E-state index in [4.69, 9.17) is 66.3 Å². The van der Waals surface area contributed by atoms with E-state index in [1.165, 1.54) is 78.4 Å². The van der Waals surface area contributed by atoms with Crippen LogP contribution in [0.15, 0.2) is 254 Å². The number of carbonyl (C=O) groups is 8. The highest BCUT2D eigenvalue weighted by atomic mass is 16.8. The van der Waals surface area contributed by atoms with Crippen molar-refractivity contribution in [3.05, 3.63) is 299 Å². The number of esters is 8. The Balaban J connectivity index is 0.769. The van der Waals surface area contributed by atoms with E-state index < -0.39 is 158 Å². The van der Waals surface area contributed by atoms with Crippen molar-refractivity contribution in [1.82, 2.24) is 0 Å². The molecule has 3 aliphatic heterocycles. The monoisotopic (exact) mass is 1710 g/mol. The molecule has 7 fully saturated rings. The highest BCUT2D eigenvalue weighted by Crippen LogP contribution is 2.76. The topological polar surface area (TPSA) is 286 Å². The summed E-state index contributed by atoms with van der Waals surface area (Å²) in [6.07, 6.45) is -14.8. The van der Waals surface area contributed by atoms with Gasteiger partial charge in [-0.3, -0.25) is 4.79 Å². The molecule has 8 aliphatic rings. The summed E-state index contributed by atoms with van der Waals surface area (Å²) < 4.78 is 93.8. The molecule has 22 atom stereocenters. The number of benzene rings is 8. The van der Waals surface area contributed by atoms with Crippen LogP contribution in [0, 0.1) is 50.2 Å². The van der Waals surface area contributed by atoms with Gasteiger partial charge >= 0.3 is 47.8 Å². The van der Waals surface area contributed by atoms with Crippen LogP contribution in [0.3, 0.4) is 0 Å². The van der Waals surface area contributed by atoms with Gasteiger partial charge in [0, 0.05) is 0 Å². The molecule has 16 rings (SSSR count). The van der Waals surface area contributed by atoms with Crippen molar-refractivity contribution in [2.45, 2.75) is 218 Å². The van der Waals surface area contributed by atoms with Crippen molar-refractivity contribution in [3.8, 4) is 0 Å². The molecule has 660 valence electrons. The first-order chi connectivity index (χ1) is 60.6. The van der Waals surface area contributed by atoms with Crippen molar-refractivity contribution in [2.75, 3.05) is 13.2 Å². The van der Waals surface area contributed by atoms with Gasteiger partial charge in [-0.25, -0.2) is 33.6 Å². The molecule has 23 nitrogen and oxygen atoms in total. The number of allylic oxidation sites excluding steroid dienone is 2. The lowest BCUT2D eigenvalue weighted by atomic mass is 9.33. The van der Waals surface area contributed by atoms with E-state index in [9.17, 15) is 43.5 Å². The minimum atomic E-state index is -1.99. The minimum absolute atomic E-state index is 0.00258. The van der Waals surface area contributed by atoms with Crippen LogP contribution in [0.4, 0.5) is 0 Å². The van der Waals surface area contributed by atoms with Gasteiger partial charge in [0.25, 0.3) is 0 Å².